The van der Waals surface area contributed by atoms with Gasteiger partial charge < -0.3 is 36.8 Å². The normalized spacial score (nSPS) is 18.4. The summed E-state index contributed by atoms with van der Waals surface area (Å²) in [4.78, 5) is 55.5. The summed E-state index contributed by atoms with van der Waals surface area (Å²) >= 11 is 0. The van der Waals surface area contributed by atoms with Crippen LogP contribution in [0.5, 0.6) is 0 Å². The van der Waals surface area contributed by atoms with Crippen LogP contribution in [0.3, 0.4) is 0 Å². The van der Waals surface area contributed by atoms with E-state index in [9.17, 15) is 24.3 Å². The predicted molar refractivity (Wildman–Crippen MR) is 121 cm³/mol. The van der Waals surface area contributed by atoms with Crippen LogP contribution in [0.1, 0.15) is 27.2 Å². The van der Waals surface area contributed by atoms with E-state index >= 15 is 0 Å². The number of carboxylic acid groups (broad SMARTS) is 2. The van der Waals surface area contributed by atoms with Gasteiger partial charge in [-0.25, -0.2) is 4.79 Å². The molecule has 0 spiro atoms. The summed E-state index contributed by atoms with van der Waals surface area (Å²) in [7, 11) is 1.75. The third kappa shape index (κ3) is 5.70. The van der Waals surface area contributed by atoms with Crippen molar-refractivity contribution in [2.75, 3.05) is 41.4 Å². The fraction of sp³-hybridized carbons (Fsp3) is 0.350. The number of anilines is 4. The highest BCUT2D eigenvalue weighted by Gasteiger charge is 2.27. The van der Waals surface area contributed by atoms with Crippen molar-refractivity contribution in [1.29, 1.82) is 0 Å². The Hall–Kier alpha value is -4.29. The highest BCUT2D eigenvalue weighted by atomic mass is 16.4. The van der Waals surface area contributed by atoms with Crippen LogP contribution < -0.4 is 32.1 Å². The van der Waals surface area contributed by atoms with Gasteiger partial charge >= 0.3 is 11.9 Å². The quantitative estimate of drug-likeness (QED) is 0.259. The molecule has 2 aromatic rings. The van der Waals surface area contributed by atoms with Crippen molar-refractivity contribution in [3.05, 3.63) is 40.2 Å². The maximum atomic E-state index is 12.5. The van der Waals surface area contributed by atoms with Gasteiger partial charge in [0.05, 0.1) is 6.04 Å². The molecule has 13 heteroatoms. The zero-order valence-corrected chi connectivity index (χ0v) is 17.5. The molecule has 1 aromatic carbocycles. The van der Waals surface area contributed by atoms with Gasteiger partial charge in [0.1, 0.15) is 11.7 Å². The Kier molecular flexibility index (Phi) is 5.81. The summed E-state index contributed by atoms with van der Waals surface area (Å²) in [6, 6.07) is 3.65. The molecule has 1 amide bonds. The number of aromatic amines is 1. The Balaban J connectivity index is 1.63. The van der Waals surface area contributed by atoms with Crippen LogP contribution in [-0.2, 0) is 9.59 Å². The maximum absolute atomic E-state index is 12.5. The number of fused-ring (bicyclic) bond motifs is 1. The molecule has 33 heavy (non-hydrogen) atoms. The van der Waals surface area contributed by atoms with Gasteiger partial charge in [0.25, 0.3) is 11.5 Å². The molecule has 0 fully saturated rings. The second-order valence-corrected chi connectivity index (χ2v) is 7.16. The second-order valence-electron chi connectivity index (χ2n) is 7.16. The number of H-pyrrole nitrogens is 1. The molecule has 1 aliphatic heterocycles. The Bertz CT molecular complexity index is 1220. The standard InChI is InChI=1S/C20H25N7O6/c1-27-12(9-23-16-15(27)18(31)26-20(21)25-16)8-22-11-4-2-10(3-5-11)17(30)24-13(19(32)33)6-7-14(28)29/h2-5,12-13,22H,6-9H2,1H3,(H,24,30)(H,28,29)(H,32,33)(H4,21,23,25,26,31)/t12?,13-/m0/s1/i6D,7D2/t6?,12?,13-. The van der Waals surface area contributed by atoms with E-state index in [0.717, 1.165) is 0 Å². The SMILES string of the molecule is [2H]C([C@H](NC(=O)c1ccc(NCC2CNc3nc(N)[nH]c(=O)c3N2C)cc1)C(=O)O)C([2H])([2H])C(=O)O. The van der Waals surface area contributed by atoms with Gasteiger partial charge in [-0.05, 0) is 30.7 Å². The van der Waals surface area contributed by atoms with Gasteiger partial charge in [0, 0.05) is 41.9 Å². The number of benzene rings is 1. The number of hydrogen-bond donors (Lipinski definition) is 7. The van der Waals surface area contributed by atoms with Gasteiger partial charge in [0.15, 0.2) is 5.82 Å². The molecule has 0 saturated carbocycles. The van der Waals surface area contributed by atoms with Crippen molar-refractivity contribution < 1.29 is 28.7 Å². The lowest BCUT2D eigenvalue weighted by atomic mass is 10.1. The molecule has 8 N–H and O–H groups in total. The first kappa shape index (κ1) is 19.4. The van der Waals surface area contributed by atoms with Crippen LogP contribution in [0.2, 0.25) is 0 Å². The molecule has 13 nitrogen and oxygen atoms in total. The Morgan fingerprint density at radius 1 is 1.33 bits per heavy atom. The Labute approximate surface area is 192 Å². The molecule has 2 heterocycles. The number of aliphatic carboxylic acids is 2. The van der Waals surface area contributed by atoms with Crippen molar-refractivity contribution in [3.8, 4) is 0 Å². The number of aromatic nitrogens is 2. The van der Waals surface area contributed by atoms with E-state index in [1.54, 1.807) is 24.1 Å². The fourth-order valence-electron chi connectivity index (χ4n) is 3.21. The smallest absolute Gasteiger partial charge is 0.326 e. The summed E-state index contributed by atoms with van der Waals surface area (Å²) < 4.78 is 22.5. The minimum atomic E-state index is -3.20. The van der Waals surface area contributed by atoms with Gasteiger partial charge in [-0.3, -0.25) is 19.4 Å². The number of nitrogens with one attached hydrogen (secondary N) is 4. The van der Waals surface area contributed by atoms with Crippen LogP contribution in [-0.4, -0.2) is 70.2 Å². The minimum Gasteiger partial charge on any atom is -0.481 e. The van der Waals surface area contributed by atoms with Gasteiger partial charge in [-0.1, -0.05) is 0 Å². The number of nitrogens with zero attached hydrogens (tertiary/aromatic N) is 2. The molecule has 2 unspecified atom stereocenters. The number of nitrogen functional groups attached to an aromatic ring is 1. The van der Waals surface area contributed by atoms with E-state index in [1.807, 2.05) is 5.32 Å². The highest BCUT2D eigenvalue weighted by Crippen LogP contribution is 2.25. The number of rotatable bonds is 9. The number of nitrogens with two attached hydrogens (primary N) is 1. The number of hydrogen-bond acceptors (Lipinski definition) is 9. The summed E-state index contributed by atoms with van der Waals surface area (Å²) in [5, 5.41) is 26.5. The maximum Gasteiger partial charge on any atom is 0.326 e. The summed E-state index contributed by atoms with van der Waals surface area (Å²) in [5.41, 5.74) is 6.19. The summed E-state index contributed by atoms with van der Waals surface area (Å²) in [5.74, 6) is -4.27. The second kappa shape index (κ2) is 9.89. The zero-order valence-electron chi connectivity index (χ0n) is 20.5. The predicted octanol–water partition coefficient (Wildman–Crippen LogP) is -0.258. The first-order valence-corrected chi connectivity index (χ1v) is 9.72. The Morgan fingerprint density at radius 2 is 2.03 bits per heavy atom. The molecule has 1 aliphatic rings. The van der Waals surface area contributed by atoms with Crippen molar-refractivity contribution in [2.45, 2.75) is 24.9 Å². The van der Waals surface area contributed by atoms with E-state index in [2.05, 4.69) is 20.6 Å². The zero-order chi connectivity index (χ0) is 26.8. The van der Waals surface area contributed by atoms with E-state index in [-0.39, 0.29) is 23.1 Å². The van der Waals surface area contributed by atoms with Crippen molar-refractivity contribution in [2.24, 2.45) is 0 Å². The number of carboxylic acids is 2. The molecule has 0 aliphatic carbocycles. The van der Waals surface area contributed by atoms with Crippen LogP contribution in [0.4, 0.5) is 23.1 Å². The van der Waals surface area contributed by atoms with E-state index in [0.29, 0.717) is 30.3 Å². The van der Waals surface area contributed by atoms with Crippen LogP contribution in [0, 0.1) is 0 Å². The molecule has 3 atom stereocenters. The molecule has 0 radical (unpaired) electrons. The molecule has 0 saturated heterocycles. The monoisotopic (exact) mass is 462 g/mol. The average Bonchev–Trinajstić information content (AvgIpc) is 2.81. The fourth-order valence-corrected chi connectivity index (χ4v) is 3.21. The lowest BCUT2D eigenvalue weighted by molar-refractivity contribution is -0.140. The van der Waals surface area contributed by atoms with E-state index < -0.39 is 36.7 Å². The summed E-state index contributed by atoms with van der Waals surface area (Å²) in [6.07, 6.45) is -5.48. The topological polar surface area (TPSA) is 203 Å². The lowest BCUT2D eigenvalue weighted by Gasteiger charge is -2.35. The Morgan fingerprint density at radius 3 is 2.67 bits per heavy atom. The third-order valence-corrected chi connectivity index (χ3v) is 4.93. The average molecular weight is 462 g/mol. The van der Waals surface area contributed by atoms with Crippen LogP contribution in [0.15, 0.2) is 29.1 Å². The highest BCUT2D eigenvalue weighted by molar-refractivity contribution is 5.96. The summed E-state index contributed by atoms with van der Waals surface area (Å²) in [6.45, 7) is 0.881. The number of likely N-dealkylation sites (N-methyl/N-ethyl adjacent to an activating group) is 1. The van der Waals surface area contributed by atoms with Gasteiger partial charge in [0.2, 0.25) is 5.95 Å². The van der Waals surface area contributed by atoms with Crippen molar-refractivity contribution >= 4 is 41.0 Å². The minimum absolute atomic E-state index is 0.00821. The molecular weight excluding hydrogens is 434 g/mol. The van der Waals surface area contributed by atoms with Crippen molar-refractivity contribution in [1.82, 2.24) is 15.3 Å². The van der Waals surface area contributed by atoms with E-state index in [1.165, 1.54) is 12.1 Å². The first-order valence-electron chi connectivity index (χ1n) is 11.3. The molecular formula is C20H25N7O6. The number of carbonyl (C=O) groups is 3. The molecule has 1 aromatic heterocycles. The third-order valence-electron chi connectivity index (χ3n) is 4.93. The van der Waals surface area contributed by atoms with Crippen LogP contribution in [0.25, 0.3) is 0 Å². The first-order chi connectivity index (χ1) is 16.8. The molecule has 0 bridgehead atoms. The van der Waals surface area contributed by atoms with Gasteiger partial charge in [-0.15, -0.1) is 0 Å². The van der Waals surface area contributed by atoms with Crippen LogP contribution >= 0.6 is 0 Å². The van der Waals surface area contributed by atoms with Gasteiger partial charge in [-0.2, -0.15) is 4.98 Å². The van der Waals surface area contributed by atoms with E-state index in [4.69, 9.17) is 15.0 Å². The molecule has 3 rings (SSSR count). The largest absolute Gasteiger partial charge is 0.481 e. The van der Waals surface area contributed by atoms with Crippen molar-refractivity contribution in [3.63, 3.8) is 0 Å². The lowest BCUT2D eigenvalue weighted by Crippen LogP contribution is -2.48. The number of amides is 1. The molecule has 176 valence electrons. The number of carbonyl (C=O) groups excluding carboxylic acids is 1.